The summed E-state index contributed by atoms with van der Waals surface area (Å²) < 4.78 is 18.6. The lowest BCUT2D eigenvalue weighted by Gasteiger charge is -2.53. The zero-order valence-corrected chi connectivity index (χ0v) is 12.8. The Balaban J connectivity index is 2.06. The van der Waals surface area contributed by atoms with Gasteiger partial charge >= 0.3 is 0 Å². The number of ether oxygens (including phenoxy) is 1. The number of β-lactam (4-membered cyclic amide) rings is 1. The number of rotatable bonds is 3. The van der Waals surface area contributed by atoms with Crippen LogP contribution in [0, 0.1) is 11.2 Å². The van der Waals surface area contributed by atoms with Crippen molar-refractivity contribution in [2.45, 2.75) is 19.9 Å². The molecule has 1 atom stereocenters. The molecule has 22 heavy (non-hydrogen) atoms. The second-order valence-corrected chi connectivity index (χ2v) is 6.02. The van der Waals surface area contributed by atoms with Gasteiger partial charge in [0.15, 0.2) is 0 Å². The predicted molar refractivity (Wildman–Crippen MR) is 83.4 cm³/mol. The van der Waals surface area contributed by atoms with Gasteiger partial charge in [-0.05, 0) is 44.2 Å². The van der Waals surface area contributed by atoms with Crippen molar-refractivity contribution in [3.05, 3.63) is 59.9 Å². The molecule has 1 fully saturated rings. The maximum absolute atomic E-state index is 13.1. The fourth-order valence-corrected chi connectivity index (χ4v) is 3.09. The van der Waals surface area contributed by atoms with Crippen LogP contribution in [0.2, 0.25) is 0 Å². The third-order valence-electron chi connectivity index (χ3n) is 4.25. The van der Waals surface area contributed by atoms with Crippen LogP contribution in [0.5, 0.6) is 5.75 Å². The molecular formula is C18H18FNO2. The molecular weight excluding hydrogens is 281 g/mol. The molecule has 0 spiro atoms. The van der Waals surface area contributed by atoms with Gasteiger partial charge in [0.25, 0.3) is 0 Å². The zero-order chi connectivity index (χ0) is 15.9. The second-order valence-electron chi connectivity index (χ2n) is 6.02. The number of para-hydroxylation sites is 1. The minimum Gasteiger partial charge on any atom is -0.496 e. The first kappa shape index (κ1) is 14.6. The second kappa shape index (κ2) is 5.13. The van der Waals surface area contributed by atoms with Crippen molar-refractivity contribution in [3.8, 4) is 5.75 Å². The lowest BCUT2D eigenvalue weighted by Crippen LogP contribution is -2.61. The summed E-state index contributed by atoms with van der Waals surface area (Å²) in [7, 11) is 1.62. The van der Waals surface area contributed by atoms with Gasteiger partial charge in [-0.3, -0.25) is 4.79 Å². The number of hydrogen-bond donors (Lipinski definition) is 0. The highest BCUT2D eigenvalue weighted by atomic mass is 19.1. The molecule has 3 nitrogen and oxygen atoms in total. The van der Waals surface area contributed by atoms with Crippen molar-refractivity contribution in [2.24, 2.45) is 5.41 Å². The largest absolute Gasteiger partial charge is 0.496 e. The highest BCUT2D eigenvalue weighted by Crippen LogP contribution is 2.53. The molecule has 0 radical (unpaired) electrons. The van der Waals surface area contributed by atoms with Crippen molar-refractivity contribution in [1.29, 1.82) is 0 Å². The first-order valence-corrected chi connectivity index (χ1v) is 7.19. The molecule has 0 aromatic heterocycles. The molecule has 4 heteroatoms. The van der Waals surface area contributed by atoms with Crippen LogP contribution in [-0.2, 0) is 4.79 Å². The molecule has 1 aliphatic heterocycles. The molecule has 114 valence electrons. The summed E-state index contributed by atoms with van der Waals surface area (Å²) >= 11 is 0. The van der Waals surface area contributed by atoms with Gasteiger partial charge in [-0.2, -0.15) is 0 Å². The summed E-state index contributed by atoms with van der Waals surface area (Å²) in [6.07, 6.45) is 0. The number of methoxy groups -OCH3 is 1. The number of anilines is 1. The first-order chi connectivity index (χ1) is 10.5. The average molecular weight is 299 g/mol. The zero-order valence-electron chi connectivity index (χ0n) is 12.8. The summed E-state index contributed by atoms with van der Waals surface area (Å²) in [4.78, 5) is 14.2. The van der Waals surface area contributed by atoms with Gasteiger partial charge in [0.1, 0.15) is 11.6 Å². The Kier molecular flexibility index (Phi) is 3.39. The van der Waals surface area contributed by atoms with Crippen LogP contribution in [-0.4, -0.2) is 13.0 Å². The van der Waals surface area contributed by atoms with Crippen molar-refractivity contribution >= 4 is 11.6 Å². The molecule has 0 saturated carbocycles. The summed E-state index contributed by atoms with van der Waals surface area (Å²) in [6, 6.07) is 13.5. The Morgan fingerprint density at radius 3 is 2.36 bits per heavy atom. The summed E-state index contributed by atoms with van der Waals surface area (Å²) in [5, 5.41) is 0. The van der Waals surface area contributed by atoms with Gasteiger partial charge < -0.3 is 9.64 Å². The minimum atomic E-state index is -0.525. The Hall–Kier alpha value is -2.36. The average Bonchev–Trinajstić information content (AvgIpc) is 2.53. The van der Waals surface area contributed by atoms with Crippen LogP contribution in [0.15, 0.2) is 48.5 Å². The molecule has 1 unspecified atom stereocenters. The fraction of sp³-hybridized carbons (Fsp3) is 0.278. The van der Waals surface area contributed by atoms with Crippen molar-refractivity contribution in [2.75, 3.05) is 12.0 Å². The molecule has 0 bridgehead atoms. The van der Waals surface area contributed by atoms with Crippen LogP contribution in [0.3, 0.4) is 0 Å². The summed E-state index contributed by atoms with van der Waals surface area (Å²) in [5.41, 5.74) is 1.13. The third kappa shape index (κ3) is 2.06. The maximum atomic E-state index is 13.1. The van der Waals surface area contributed by atoms with Gasteiger partial charge in [-0.1, -0.05) is 18.2 Å². The van der Waals surface area contributed by atoms with E-state index in [1.165, 1.54) is 12.1 Å². The number of benzene rings is 2. The Morgan fingerprint density at radius 1 is 1.09 bits per heavy atom. The van der Waals surface area contributed by atoms with E-state index in [9.17, 15) is 9.18 Å². The SMILES string of the molecule is COc1ccccc1C1N(c2ccc(F)cc2)C(=O)C1(C)C. The van der Waals surface area contributed by atoms with Gasteiger partial charge in [0.05, 0.1) is 18.6 Å². The highest BCUT2D eigenvalue weighted by molar-refractivity contribution is 6.05. The maximum Gasteiger partial charge on any atom is 0.235 e. The number of nitrogens with zero attached hydrogens (tertiary/aromatic N) is 1. The molecule has 1 aliphatic rings. The lowest BCUT2D eigenvalue weighted by molar-refractivity contribution is -0.137. The number of hydrogen-bond acceptors (Lipinski definition) is 2. The van der Waals surface area contributed by atoms with E-state index in [4.69, 9.17) is 4.74 Å². The number of halogens is 1. The molecule has 2 aromatic rings. The topological polar surface area (TPSA) is 29.5 Å². The molecule has 0 N–H and O–H groups in total. The Labute approximate surface area is 129 Å². The standard InChI is InChI=1S/C18H18FNO2/c1-18(2)16(14-6-4-5-7-15(14)22-3)20(17(18)21)13-10-8-12(19)9-11-13/h4-11,16H,1-3H3. The Bertz CT molecular complexity index is 709. The van der Waals surface area contributed by atoms with E-state index in [-0.39, 0.29) is 17.8 Å². The molecule has 1 heterocycles. The van der Waals surface area contributed by atoms with E-state index in [2.05, 4.69) is 0 Å². The van der Waals surface area contributed by atoms with Crippen molar-refractivity contribution in [1.82, 2.24) is 0 Å². The first-order valence-electron chi connectivity index (χ1n) is 7.19. The summed E-state index contributed by atoms with van der Waals surface area (Å²) in [5.74, 6) is 0.458. The van der Waals surface area contributed by atoms with E-state index >= 15 is 0 Å². The van der Waals surface area contributed by atoms with E-state index < -0.39 is 5.41 Å². The van der Waals surface area contributed by atoms with Crippen LogP contribution in [0.25, 0.3) is 0 Å². The fourth-order valence-electron chi connectivity index (χ4n) is 3.09. The van der Waals surface area contributed by atoms with E-state index in [1.807, 2.05) is 38.1 Å². The monoisotopic (exact) mass is 299 g/mol. The third-order valence-corrected chi connectivity index (χ3v) is 4.25. The van der Waals surface area contributed by atoms with Crippen LogP contribution >= 0.6 is 0 Å². The normalized spacial score (nSPS) is 19.7. The number of carbonyl (C=O) groups excluding carboxylic acids is 1. The Morgan fingerprint density at radius 2 is 1.73 bits per heavy atom. The summed E-state index contributed by atoms with van der Waals surface area (Å²) in [6.45, 7) is 3.85. The van der Waals surface area contributed by atoms with Crippen molar-refractivity contribution < 1.29 is 13.9 Å². The van der Waals surface area contributed by atoms with E-state index in [1.54, 1.807) is 24.1 Å². The molecule has 1 saturated heterocycles. The molecule has 0 aliphatic carbocycles. The highest BCUT2D eigenvalue weighted by Gasteiger charge is 2.56. The number of carbonyl (C=O) groups is 1. The quantitative estimate of drug-likeness (QED) is 0.803. The van der Waals surface area contributed by atoms with Crippen LogP contribution < -0.4 is 9.64 Å². The lowest BCUT2D eigenvalue weighted by atomic mass is 9.70. The van der Waals surface area contributed by atoms with Gasteiger partial charge in [0, 0.05) is 11.3 Å². The van der Waals surface area contributed by atoms with Crippen molar-refractivity contribution in [3.63, 3.8) is 0 Å². The molecule has 2 aromatic carbocycles. The van der Waals surface area contributed by atoms with E-state index in [0.29, 0.717) is 5.69 Å². The smallest absolute Gasteiger partial charge is 0.235 e. The van der Waals surface area contributed by atoms with Gasteiger partial charge in [-0.15, -0.1) is 0 Å². The van der Waals surface area contributed by atoms with Gasteiger partial charge in [-0.25, -0.2) is 4.39 Å². The number of amides is 1. The minimum absolute atomic E-state index is 0.0232. The van der Waals surface area contributed by atoms with E-state index in [0.717, 1.165) is 11.3 Å². The van der Waals surface area contributed by atoms with Gasteiger partial charge in [0.2, 0.25) is 5.91 Å². The van der Waals surface area contributed by atoms with Crippen LogP contribution in [0.1, 0.15) is 25.5 Å². The predicted octanol–water partition coefficient (Wildman–Crippen LogP) is 3.95. The molecule has 3 rings (SSSR count). The van der Waals surface area contributed by atoms with Crippen LogP contribution in [0.4, 0.5) is 10.1 Å². The molecule has 1 amide bonds.